The highest BCUT2D eigenvalue weighted by atomic mass is 35.5. The number of amides is 2. The van der Waals surface area contributed by atoms with Crippen molar-refractivity contribution in [3.63, 3.8) is 0 Å². The van der Waals surface area contributed by atoms with Gasteiger partial charge in [0.15, 0.2) is 5.60 Å². The summed E-state index contributed by atoms with van der Waals surface area (Å²) < 4.78 is 5.97. The second-order valence-corrected chi connectivity index (χ2v) is 10.3. The Bertz CT molecular complexity index is 1200. The van der Waals surface area contributed by atoms with E-state index in [0.717, 1.165) is 0 Å². The lowest BCUT2D eigenvalue weighted by atomic mass is 9.87. The number of carbonyl (C=O) groups is 2. The fraction of sp³-hybridized carbons (Fsp3) is 0.259. The van der Waals surface area contributed by atoms with Crippen molar-refractivity contribution in [2.75, 3.05) is 10.6 Å². The minimum Gasteiger partial charge on any atom is -0.478 e. The molecule has 2 N–H and O–H groups in total. The number of ether oxygens (including phenoxy) is 1. The van der Waals surface area contributed by atoms with Gasteiger partial charge >= 0.3 is 0 Å². The molecule has 2 amide bonds. The smallest absolute Gasteiger partial charge is 0.267 e. The van der Waals surface area contributed by atoms with Gasteiger partial charge < -0.3 is 15.4 Å². The number of carbonyl (C=O) groups excluding carboxylic acids is 2. The van der Waals surface area contributed by atoms with Crippen LogP contribution >= 0.6 is 23.2 Å². The summed E-state index contributed by atoms with van der Waals surface area (Å²) >= 11 is 12.0. The van der Waals surface area contributed by atoms with Crippen molar-refractivity contribution in [2.45, 2.75) is 45.6 Å². The van der Waals surface area contributed by atoms with Gasteiger partial charge in [-0.25, -0.2) is 0 Å². The maximum Gasteiger partial charge on any atom is 0.267 e. The van der Waals surface area contributed by atoms with Crippen molar-refractivity contribution in [1.29, 1.82) is 0 Å². The molecule has 0 aliphatic carbocycles. The summed E-state index contributed by atoms with van der Waals surface area (Å²) in [7, 11) is 0. The summed E-state index contributed by atoms with van der Waals surface area (Å²) in [5.41, 5.74) is 1.41. The standard InChI is InChI=1S/C27H28Cl2N2O3/c1-26(2,3)17-9-12-21(13-10-17)34-27(4,5)25(33)31-20-8-6-7-19(16-20)30-24(32)22-14-11-18(28)15-23(22)29/h6-16H,1-5H3,(H,30,32)(H,31,33). The maximum absolute atomic E-state index is 12.9. The molecule has 178 valence electrons. The van der Waals surface area contributed by atoms with E-state index in [4.69, 9.17) is 27.9 Å². The van der Waals surface area contributed by atoms with Gasteiger partial charge in [-0.15, -0.1) is 0 Å². The third-order valence-electron chi connectivity index (χ3n) is 5.19. The van der Waals surface area contributed by atoms with E-state index in [0.29, 0.717) is 27.7 Å². The highest BCUT2D eigenvalue weighted by Gasteiger charge is 2.30. The lowest BCUT2D eigenvalue weighted by Gasteiger charge is -2.26. The number of rotatable bonds is 6. The van der Waals surface area contributed by atoms with Gasteiger partial charge in [0.2, 0.25) is 0 Å². The van der Waals surface area contributed by atoms with Crippen LogP contribution in [0.15, 0.2) is 66.7 Å². The quantitative estimate of drug-likeness (QED) is 0.373. The first-order chi connectivity index (χ1) is 15.8. The Morgan fingerprint density at radius 2 is 1.41 bits per heavy atom. The van der Waals surface area contributed by atoms with Crippen molar-refractivity contribution in [1.82, 2.24) is 0 Å². The fourth-order valence-corrected chi connectivity index (χ4v) is 3.69. The Balaban J connectivity index is 1.67. The van der Waals surface area contributed by atoms with Crippen LogP contribution in [0.4, 0.5) is 11.4 Å². The first-order valence-corrected chi connectivity index (χ1v) is 11.6. The average molecular weight is 499 g/mol. The van der Waals surface area contributed by atoms with Gasteiger partial charge in [0.25, 0.3) is 11.8 Å². The molecule has 3 aromatic rings. The monoisotopic (exact) mass is 498 g/mol. The van der Waals surface area contributed by atoms with E-state index < -0.39 is 5.60 Å². The molecule has 0 bridgehead atoms. The third kappa shape index (κ3) is 6.52. The van der Waals surface area contributed by atoms with Gasteiger partial charge in [-0.3, -0.25) is 9.59 Å². The highest BCUT2D eigenvalue weighted by molar-refractivity contribution is 6.37. The minimum atomic E-state index is -1.13. The molecule has 0 spiro atoms. The first-order valence-electron chi connectivity index (χ1n) is 10.8. The normalized spacial score (nSPS) is 11.6. The van der Waals surface area contributed by atoms with E-state index in [2.05, 4.69) is 31.4 Å². The molecule has 0 saturated carbocycles. The summed E-state index contributed by atoms with van der Waals surface area (Å²) in [5.74, 6) is -0.0989. The molecule has 0 unspecified atom stereocenters. The van der Waals surface area contributed by atoms with Crippen LogP contribution in [0.5, 0.6) is 5.75 Å². The molecule has 0 saturated heterocycles. The number of halogens is 2. The van der Waals surface area contributed by atoms with Gasteiger partial charge in [0.05, 0.1) is 10.6 Å². The van der Waals surface area contributed by atoms with Crippen LogP contribution in [0, 0.1) is 0 Å². The zero-order chi connectivity index (χ0) is 25.1. The van der Waals surface area contributed by atoms with E-state index in [-0.39, 0.29) is 22.3 Å². The van der Waals surface area contributed by atoms with Crippen LogP contribution in [-0.4, -0.2) is 17.4 Å². The van der Waals surface area contributed by atoms with Crippen LogP contribution in [0.2, 0.25) is 10.0 Å². The zero-order valence-corrected chi connectivity index (χ0v) is 21.3. The van der Waals surface area contributed by atoms with Crippen molar-refractivity contribution in [2.24, 2.45) is 0 Å². The molecule has 0 aliphatic heterocycles. The van der Waals surface area contributed by atoms with Gasteiger partial charge in [-0.1, -0.05) is 62.2 Å². The predicted octanol–water partition coefficient (Wildman–Crippen LogP) is 7.34. The molecule has 0 radical (unpaired) electrons. The molecule has 0 fully saturated rings. The fourth-order valence-electron chi connectivity index (χ4n) is 3.19. The molecule has 0 aromatic heterocycles. The molecule has 7 heteroatoms. The number of nitrogens with one attached hydrogen (secondary N) is 2. The van der Waals surface area contributed by atoms with Crippen LogP contribution < -0.4 is 15.4 Å². The average Bonchev–Trinajstić information content (AvgIpc) is 2.73. The van der Waals surface area contributed by atoms with Crippen LogP contribution in [0.1, 0.15) is 50.5 Å². The van der Waals surface area contributed by atoms with E-state index in [1.54, 1.807) is 50.2 Å². The summed E-state index contributed by atoms with van der Waals surface area (Å²) in [5, 5.41) is 6.33. The molecule has 0 aliphatic rings. The van der Waals surface area contributed by atoms with Crippen molar-refractivity contribution >= 4 is 46.4 Å². The van der Waals surface area contributed by atoms with Gasteiger partial charge in [0, 0.05) is 16.4 Å². The second kappa shape index (κ2) is 10.1. The molecule has 0 heterocycles. The molecule has 3 rings (SSSR count). The van der Waals surface area contributed by atoms with Crippen molar-refractivity contribution < 1.29 is 14.3 Å². The van der Waals surface area contributed by atoms with Crippen molar-refractivity contribution in [3.05, 3.63) is 87.9 Å². The topological polar surface area (TPSA) is 67.4 Å². The van der Waals surface area contributed by atoms with Gasteiger partial charge in [-0.2, -0.15) is 0 Å². The first kappa shape index (κ1) is 25.6. The van der Waals surface area contributed by atoms with Crippen LogP contribution in [0.3, 0.4) is 0 Å². The van der Waals surface area contributed by atoms with E-state index >= 15 is 0 Å². The van der Waals surface area contributed by atoms with Gasteiger partial charge in [0.1, 0.15) is 5.75 Å². The van der Waals surface area contributed by atoms with E-state index in [1.165, 1.54) is 11.6 Å². The third-order valence-corrected chi connectivity index (χ3v) is 5.74. The SMILES string of the molecule is CC(C)(Oc1ccc(C(C)(C)C)cc1)C(=O)Nc1cccc(NC(=O)c2ccc(Cl)cc2Cl)c1. The summed E-state index contributed by atoms with van der Waals surface area (Å²) in [6, 6.07) is 19.2. The van der Waals surface area contributed by atoms with Crippen LogP contribution in [0.25, 0.3) is 0 Å². The van der Waals surface area contributed by atoms with Gasteiger partial charge in [-0.05, 0) is 73.4 Å². The van der Waals surface area contributed by atoms with E-state index in [1.807, 2.05) is 24.3 Å². The molecule has 0 atom stereocenters. The van der Waals surface area contributed by atoms with E-state index in [9.17, 15) is 9.59 Å². The molecular formula is C27H28Cl2N2O3. The lowest BCUT2D eigenvalue weighted by molar-refractivity contribution is -0.128. The predicted molar refractivity (Wildman–Crippen MR) is 139 cm³/mol. The number of anilines is 2. The largest absolute Gasteiger partial charge is 0.478 e. The molecular weight excluding hydrogens is 471 g/mol. The molecule has 34 heavy (non-hydrogen) atoms. The highest BCUT2D eigenvalue weighted by Crippen LogP contribution is 2.27. The minimum absolute atomic E-state index is 0.0325. The Hall–Kier alpha value is -3.02. The Morgan fingerprint density at radius 1 is 0.794 bits per heavy atom. The summed E-state index contributed by atoms with van der Waals surface area (Å²) in [6.45, 7) is 9.82. The van der Waals surface area contributed by atoms with Crippen molar-refractivity contribution in [3.8, 4) is 5.75 Å². The Kier molecular flexibility index (Phi) is 7.59. The second-order valence-electron chi connectivity index (χ2n) is 9.50. The molecule has 3 aromatic carbocycles. The number of hydrogen-bond donors (Lipinski definition) is 2. The zero-order valence-electron chi connectivity index (χ0n) is 19.8. The summed E-state index contributed by atoms with van der Waals surface area (Å²) in [4.78, 5) is 25.5. The number of hydrogen-bond acceptors (Lipinski definition) is 3. The molecule has 5 nitrogen and oxygen atoms in total. The summed E-state index contributed by atoms with van der Waals surface area (Å²) in [6.07, 6.45) is 0. The Morgan fingerprint density at radius 3 is 2.00 bits per heavy atom. The number of benzene rings is 3. The Labute approximate surface area is 210 Å². The van der Waals surface area contributed by atoms with Crippen LogP contribution in [-0.2, 0) is 10.2 Å². The lowest BCUT2D eigenvalue weighted by Crippen LogP contribution is -2.42. The maximum atomic E-state index is 12.9.